The Balaban J connectivity index is 5.09. The highest BCUT2D eigenvalue weighted by Crippen LogP contribution is 2.24. The molecule has 0 aliphatic carbocycles. The van der Waals surface area contributed by atoms with Crippen molar-refractivity contribution in [2.75, 3.05) is 0 Å². The SMILES string of the molecule is CC(C)(C)N(C(=O)/C=C/C(=O)O)C(C)(C)C. The van der Waals surface area contributed by atoms with E-state index in [0.717, 1.165) is 12.2 Å². The van der Waals surface area contributed by atoms with E-state index >= 15 is 0 Å². The second-order valence-electron chi connectivity index (χ2n) is 5.69. The van der Waals surface area contributed by atoms with Crippen LogP contribution < -0.4 is 0 Å². The predicted octanol–water partition coefficient (Wildman–Crippen LogP) is 2.05. The number of amides is 1. The van der Waals surface area contributed by atoms with Gasteiger partial charge in [-0.25, -0.2) is 4.79 Å². The normalized spacial score (nSPS) is 12.9. The summed E-state index contributed by atoms with van der Waals surface area (Å²) in [6.45, 7) is 11.5. The minimum absolute atomic E-state index is 0.289. The van der Waals surface area contributed by atoms with E-state index in [9.17, 15) is 9.59 Å². The Labute approximate surface area is 96.9 Å². The van der Waals surface area contributed by atoms with Gasteiger partial charge >= 0.3 is 5.97 Å². The second-order valence-corrected chi connectivity index (χ2v) is 5.69. The third-order valence-electron chi connectivity index (χ3n) is 1.93. The largest absolute Gasteiger partial charge is 0.478 e. The van der Waals surface area contributed by atoms with Crippen LogP contribution in [0.3, 0.4) is 0 Å². The minimum atomic E-state index is -1.11. The van der Waals surface area contributed by atoms with Gasteiger partial charge in [0.15, 0.2) is 0 Å². The van der Waals surface area contributed by atoms with Gasteiger partial charge in [-0.2, -0.15) is 0 Å². The van der Waals surface area contributed by atoms with Gasteiger partial charge in [-0.15, -0.1) is 0 Å². The zero-order valence-electron chi connectivity index (χ0n) is 10.9. The molecule has 4 heteroatoms. The Hall–Kier alpha value is -1.32. The lowest BCUT2D eigenvalue weighted by molar-refractivity contribution is -0.138. The molecule has 0 bridgehead atoms. The number of carboxylic acid groups (broad SMARTS) is 1. The van der Waals surface area contributed by atoms with Crippen LogP contribution in [0.15, 0.2) is 12.2 Å². The highest BCUT2D eigenvalue weighted by molar-refractivity contribution is 5.94. The molecule has 0 fully saturated rings. The minimum Gasteiger partial charge on any atom is -0.478 e. The van der Waals surface area contributed by atoms with Crippen molar-refractivity contribution < 1.29 is 14.7 Å². The number of hydrogen-bond acceptors (Lipinski definition) is 2. The van der Waals surface area contributed by atoms with Crippen molar-refractivity contribution in [3.05, 3.63) is 12.2 Å². The molecule has 0 aromatic rings. The first-order chi connectivity index (χ1) is 6.96. The van der Waals surface area contributed by atoms with Gasteiger partial charge in [-0.05, 0) is 41.5 Å². The molecular formula is C12H21NO3. The molecule has 0 radical (unpaired) electrons. The lowest BCUT2D eigenvalue weighted by atomic mass is 9.96. The van der Waals surface area contributed by atoms with Crippen LogP contribution in [0.2, 0.25) is 0 Å². The molecule has 1 N–H and O–H groups in total. The molecule has 0 aromatic heterocycles. The highest BCUT2D eigenvalue weighted by Gasteiger charge is 2.34. The van der Waals surface area contributed by atoms with E-state index in [-0.39, 0.29) is 17.0 Å². The monoisotopic (exact) mass is 227 g/mol. The van der Waals surface area contributed by atoms with E-state index in [4.69, 9.17) is 5.11 Å². The van der Waals surface area contributed by atoms with E-state index in [2.05, 4.69) is 0 Å². The summed E-state index contributed by atoms with van der Waals surface area (Å²) in [7, 11) is 0. The van der Waals surface area contributed by atoms with Crippen molar-refractivity contribution in [3.8, 4) is 0 Å². The first-order valence-corrected chi connectivity index (χ1v) is 5.21. The van der Waals surface area contributed by atoms with Gasteiger partial charge in [0.1, 0.15) is 0 Å². The maximum Gasteiger partial charge on any atom is 0.328 e. The summed E-state index contributed by atoms with van der Waals surface area (Å²) in [5.41, 5.74) is -0.698. The fourth-order valence-corrected chi connectivity index (χ4v) is 1.88. The average molecular weight is 227 g/mol. The molecule has 92 valence electrons. The van der Waals surface area contributed by atoms with Crippen LogP contribution in [-0.4, -0.2) is 33.0 Å². The predicted molar refractivity (Wildman–Crippen MR) is 63.1 cm³/mol. The molecule has 0 spiro atoms. The van der Waals surface area contributed by atoms with Gasteiger partial charge < -0.3 is 10.0 Å². The lowest BCUT2D eigenvalue weighted by Gasteiger charge is -2.44. The molecule has 16 heavy (non-hydrogen) atoms. The Morgan fingerprint density at radius 3 is 1.56 bits per heavy atom. The zero-order valence-corrected chi connectivity index (χ0v) is 10.9. The maximum absolute atomic E-state index is 11.9. The van der Waals surface area contributed by atoms with Crippen molar-refractivity contribution in [3.63, 3.8) is 0 Å². The molecule has 0 aromatic carbocycles. The fourth-order valence-electron chi connectivity index (χ4n) is 1.88. The van der Waals surface area contributed by atoms with Crippen LogP contribution in [0.5, 0.6) is 0 Å². The standard InChI is InChI=1S/C12H21NO3/c1-11(2,3)13(12(4,5)6)9(14)7-8-10(15)16/h7-8H,1-6H3,(H,15,16)/b8-7+. The summed E-state index contributed by atoms with van der Waals surface area (Å²) in [4.78, 5) is 24.0. The number of carbonyl (C=O) groups is 2. The van der Waals surface area contributed by atoms with Crippen molar-refractivity contribution >= 4 is 11.9 Å². The third-order valence-corrected chi connectivity index (χ3v) is 1.93. The molecule has 0 unspecified atom stereocenters. The van der Waals surface area contributed by atoms with Gasteiger partial charge in [-0.3, -0.25) is 4.79 Å². The molecule has 1 amide bonds. The summed E-state index contributed by atoms with van der Waals surface area (Å²) in [6.07, 6.45) is 1.96. The van der Waals surface area contributed by atoms with Crippen molar-refractivity contribution in [1.82, 2.24) is 4.90 Å². The lowest BCUT2D eigenvalue weighted by Crippen LogP contribution is -2.55. The Bertz CT molecular complexity index is 291. The fraction of sp³-hybridized carbons (Fsp3) is 0.667. The number of rotatable bonds is 2. The van der Waals surface area contributed by atoms with Crippen LogP contribution in [-0.2, 0) is 9.59 Å². The van der Waals surface area contributed by atoms with E-state index in [1.165, 1.54) is 0 Å². The topological polar surface area (TPSA) is 57.6 Å². The van der Waals surface area contributed by atoms with Crippen molar-refractivity contribution in [1.29, 1.82) is 0 Å². The van der Waals surface area contributed by atoms with Crippen LogP contribution in [0.4, 0.5) is 0 Å². The summed E-state index contributed by atoms with van der Waals surface area (Å²) in [5.74, 6) is -1.40. The number of carbonyl (C=O) groups excluding carboxylic acids is 1. The zero-order chi connectivity index (χ0) is 13.1. The molecule has 0 heterocycles. The van der Waals surface area contributed by atoms with E-state index in [0.29, 0.717) is 0 Å². The molecule has 0 saturated carbocycles. The van der Waals surface area contributed by atoms with Gasteiger partial charge in [-0.1, -0.05) is 0 Å². The average Bonchev–Trinajstić information content (AvgIpc) is 1.94. The van der Waals surface area contributed by atoms with Crippen LogP contribution in [0, 0.1) is 0 Å². The van der Waals surface area contributed by atoms with Gasteiger partial charge in [0.05, 0.1) is 0 Å². The van der Waals surface area contributed by atoms with Crippen LogP contribution in [0.1, 0.15) is 41.5 Å². The number of nitrogens with zero attached hydrogens (tertiary/aromatic N) is 1. The number of aliphatic carboxylic acids is 1. The quantitative estimate of drug-likeness (QED) is 0.734. The Morgan fingerprint density at radius 2 is 1.31 bits per heavy atom. The molecule has 0 atom stereocenters. The molecule has 0 saturated heterocycles. The summed E-state index contributed by atoms with van der Waals surface area (Å²) < 4.78 is 0. The first-order valence-electron chi connectivity index (χ1n) is 5.21. The van der Waals surface area contributed by atoms with E-state index in [1.54, 1.807) is 4.90 Å². The highest BCUT2D eigenvalue weighted by atomic mass is 16.4. The smallest absolute Gasteiger partial charge is 0.328 e. The Morgan fingerprint density at radius 1 is 0.938 bits per heavy atom. The number of hydrogen-bond donors (Lipinski definition) is 1. The summed E-state index contributed by atoms with van der Waals surface area (Å²) in [6, 6.07) is 0. The molecule has 0 aliphatic heterocycles. The number of carboxylic acids is 1. The van der Waals surface area contributed by atoms with E-state index < -0.39 is 5.97 Å². The summed E-state index contributed by atoms with van der Waals surface area (Å²) >= 11 is 0. The van der Waals surface area contributed by atoms with Gasteiger partial charge in [0.2, 0.25) is 5.91 Å². The maximum atomic E-state index is 11.9. The van der Waals surface area contributed by atoms with Crippen LogP contribution >= 0.6 is 0 Å². The third kappa shape index (κ3) is 4.47. The van der Waals surface area contributed by atoms with Crippen molar-refractivity contribution in [2.24, 2.45) is 0 Å². The molecular weight excluding hydrogens is 206 g/mol. The van der Waals surface area contributed by atoms with E-state index in [1.807, 2.05) is 41.5 Å². The van der Waals surface area contributed by atoms with Gasteiger partial charge in [0, 0.05) is 23.2 Å². The Kier molecular flexibility index (Phi) is 4.29. The molecule has 4 nitrogen and oxygen atoms in total. The van der Waals surface area contributed by atoms with Gasteiger partial charge in [0.25, 0.3) is 0 Å². The van der Waals surface area contributed by atoms with Crippen molar-refractivity contribution in [2.45, 2.75) is 52.6 Å². The molecule has 0 rings (SSSR count). The first kappa shape index (κ1) is 14.7. The molecule has 0 aliphatic rings. The van der Waals surface area contributed by atoms with Crippen LogP contribution in [0.25, 0.3) is 0 Å². The second kappa shape index (κ2) is 4.68. The summed E-state index contributed by atoms with van der Waals surface area (Å²) in [5, 5.41) is 8.49.